The molecule has 0 unspecified atom stereocenters. The number of aryl methyl sites for hydroxylation is 1. The van der Waals surface area contributed by atoms with Crippen LogP contribution in [-0.2, 0) is 4.74 Å². The number of hydrogen-bond acceptors (Lipinski definition) is 3. The third-order valence-electron chi connectivity index (χ3n) is 4.97. The Morgan fingerprint density at radius 1 is 1.08 bits per heavy atom. The number of carbonyl (C=O) groups is 1. The van der Waals surface area contributed by atoms with Gasteiger partial charge >= 0.3 is 0 Å². The summed E-state index contributed by atoms with van der Waals surface area (Å²) in [6.45, 7) is 7.52. The van der Waals surface area contributed by atoms with E-state index in [2.05, 4.69) is 38.1 Å². The van der Waals surface area contributed by atoms with Crippen molar-refractivity contribution in [3.8, 4) is 16.9 Å². The van der Waals surface area contributed by atoms with Gasteiger partial charge in [-0.3, -0.25) is 4.79 Å². The second-order valence-electron chi connectivity index (χ2n) is 7.46. The summed E-state index contributed by atoms with van der Waals surface area (Å²) in [4.78, 5) is 15.0. The molecule has 1 amide bonds. The van der Waals surface area contributed by atoms with Gasteiger partial charge in [0.25, 0.3) is 5.91 Å². The lowest BCUT2D eigenvalue weighted by molar-refractivity contribution is -0.111. The first-order valence-electron chi connectivity index (χ1n) is 8.75. The zero-order valence-electron chi connectivity index (χ0n) is 14.7. The molecule has 0 saturated carbocycles. The molecule has 4 rings (SSSR count). The molecule has 0 spiro atoms. The summed E-state index contributed by atoms with van der Waals surface area (Å²) in [6, 6.07) is 14.2. The molecule has 2 aliphatic rings. The maximum absolute atomic E-state index is 13.1. The summed E-state index contributed by atoms with van der Waals surface area (Å²) in [5.41, 5.74) is 4.08. The van der Waals surface area contributed by atoms with E-state index in [1.54, 1.807) is 0 Å². The predicted octanol–water partition coefficient (Wildman–Crippen LogP) is 3.53. The Morgan fingerprint density at radius 3 is 2.48 bits per heavy atom. The number of nitrogens with zero attached hydrogens (tertiary/aromatic N) is 1. The molecule has 0 aromatic heterocycles. The first kappa shape index (κ1) is 16.2. The normalized spacial score (nSPS) is 18.8. The third kappa shape index (κ3) is 3.14. The summed E-state index contributed by atoms with van der Waals surface area (Å²) in [7, 11) is 0. The van der Waals surface area contributed by atoms with Gasteiger partial charge in [-0.05, 0) is 30.2 Å². The lowest BCUT2D eigenvalue weighted by Gasteiger charge is -2.41. The fourth-order valence-electron chi connectivity index (χ4n) is 3.44. The molecule has 2 aromatic rings. The Kier molecular flexibility index (Phi) is 4.00. The minimum absolute atomic E-state index is 0.0505. The van der Waals surface area contributed by atoms with Crippen LogP contribution in [0.5, 0.6) is 5.75 Å². The van der Waals surface area contributed by atoms with E-state index in [-0.39, 0.29) is 11.3 Å². The summed E-state index contributed by atoms with van der Waals surface area (Å²) >= 11 is 0. The molecule has 0 bridgehead atoms. The van der Waals surface area contributed by atoms with Gasteiger partial charge in [-0.15, -0.1) is 0 Å². The molecule has 0 radical (unpaired) electrons. The van der Waals surface area contributed by atoms with Crippen LogP contribution in [0.4, 0.5) is 0 Å². The zero-order valence-corrected chi connectivity index (χ0v) is 14.7. The molecule has 2 heterocycles. The minimum Gasteiger partial charge on any atom is -0.491 e. The summed E-state index contributed by atoms with van der Waals surface area (Å²) in [6.07, 6.45) is 0. The molecule has 1 fully saturated rings. The van der Waals surface area contributed by atoms with Crippen molar-refractivity contribution < 1.29 is 14.3 Å². The molecular formula is C21H23NO3. The van der Waals surface area contributed by atoms with Gasteiger partial charge in [0.1, 0.15) is 12.4 Å². The van der Waals surface area contributed by atoms with Gasteiger partial charge in [0.15, 0.2) is 0 Å². The van der Waals surface area contributed by atoms with E-state index in [1.807, 2.05) is 23.1 Å². The van der Waals surface area contributed by atoms with Crippen molar-refractivity contribution in [2.24, 2.45) is 5.41 Å². The van der Waals surface area contributed by atoms with E-state index in [9.17, 15) is 4.79 Å². The van der Waals surface area contributed by atoms with Gasteiger partial charge in [0, 0.05) is 12.0 Å². The highest BCUT2D eigenvalue weighted by molar-refractivity contribution is 5.98. The number of ether oxygens (including phenoxy) is 2. The summed E-state index contributed by atoms with van der Waals surface area (Å²) < 4.78 is 11.2. The maximum Gasteiger partial charge on any atom is 0.257 e. The third-order valence-corrected chi connectivity index (χ3v) is 4.97. The molecule has 0 N–H and O–H groups in total. The van der Waals surface area contributed by atoms with Crippen molar-refractivity contribution in [1.82, 2.24) is 4.90 Å². The Bertz CT molecular complexity index is 793. The van der Waals surface area contributed by atoms with E-state index in [4.69, 9.17) is 9.47 Å². The van der Waals surface area contributed by atoms with Gasteiger partial charge in [0.2, 0.25) is 0 Å². The molecule has 0 atom stereocenters. The smallest absolute Gasteiger partial charge is 0.257 e. The van der Waals surface area contributed by atoms with Crippen LogP contribution >= 0.6 is 0 Å². The number of carbonyl (C=O) groups excluding carboxylic acids is 1. The van der Waals surface area contributed by atoms with Crippen molar-refractivity contribution in [2.45, 2.75) is 13.8 Å². The highest BCUT2D eigenvalue weighted by atomic mass is 16.5. The van der Waals surface area contributed by atoms with Gasteiger partial charge in [-0.2, -0.15) is 0 Å². The number of hydrogen-bond donors (Lipinski definition) is 0. The number of amides is 1. The SMILES string of the molecule is Cc1ccc(-c2ccc3c(c2)C(=O)N(CC2(C)COC2)CCO3)cc1. The van der Waals surface area contributed by atoms with E-state index in [0.717, 1.165) is 11.1 Å². The Hall–Kier alpha value is -2.33. The summed E-state index contributed by atoms with van der Waals surface area (Å²) in [5, 5.41) is 0. The molecular weight excluding hydrogens is 314 g/mol. The first-order valence-corrected chi connectivity index (χ1v) is 8.75. The number of benzene rings is 2. The molecule has 4 heteroatoms. The lowest BCUT2D eigenvalue weighted by Crippen LogP contribution is -2.50. The van der Waals surface area contributed by atoms with Crippen LogP contribution in [0, 0.1) is 12.3 Å². The van der Waals surface area contributed by atoms with E-state index in [1.165, 1.54) is 5.56 Å². The topological polar surface area (TPSA) is 38.8 Å². The quantitative estimate of drug-likeness (QED) is 0.860. The van der Waals surface area contributed by atoms with Crippen LogP contribution in [0.2, 0.25) is 0 Å². The average molecular weight is 337 g/mol. The Morgan fingerprint density at radius 2 is 1.80 bits per heavy atom. The molecule has 1 saturated heterocycles. The van der Waals surface area contributed by atoms with Crippen LogP contribution in [0.3, 0.4) is 0 Å². The molecule has 25 heavy (non-hydrogen) atoms. The first-order chi connectivity index (χ1) is 12.0. The standard InChI is InChI=1S/C21H23NO3/c1-15-3-5-16(6-4-15)17-7-8-19-18(11-17)20(23)22(9-10-25-19)12-21(2)13-24-14-21/h3-8,11H,9-10,12-14H2,1-2H3. The molecule has 2 aromatic carbocycles. The molecule has 0 aliphatic carbocycles. The minimum atomic E-state index is 0.0505. The predicted molar refractivity (Wildman–Crippen MR) is 96.9 cm³/mol. The summed E-state index contributed by atoms with van der Waals surface area (Å²) in [5.74, 6) is 0.730. The highest BCUT2D eigenvalue weighted by Crippen LogP contribution is 2.32. The largest absolute Gasteiger partial charge is 0.491 e. The van der Waals surface area contributed by atoms with E-state index in [0.29, 0.717) is 44.2 Å². The molecule has 130 valence electrons. The van der Waals surface area contributed by atoms with Gasteiger partial charge in [-0.25, -0.2) is 0 Å². The second-order valence-corrected chi connectivity index (χ2v) is 7.46. The number of fused-ring (bicyclic) bond motifs is 1. The van der Waals surface area contributed by atoms with Crippen LogP contribution in [0.25, 0.3) is 11.1 Å². The Labute approximate surface area is 148 Å². The lowest BCUT2D eigenvalue weighted by atomic mass is 9.88. The van der Waals surface area contributed by atoms with Crippen LogP contribution < -0.4 is 4.74 Å². The fraction of sp³-hybridized carbons (Fsp3) is 0.381. The van der Waals surface area contributed by atoms with Gasteiger partial charge in [0.05, 0.1) is 25.3 Å². The van der Waals surface area contributed by atoms with Gasteiger partial charge < -0.3 is 14.4 Å². The van der Waals surface area contributed by atoms with Crippen LogP contribution in [0.1, 0.15) is 22.8 Å². The van der Waals surface area contributed by atoms with Crippen LogP contribution in [0.15, 0.2) is 42.5 Å². The maximum atomic E-state index is 13.1. The van der Waals surface area contributed by atoms with Crippen molar-refractivity contribution in [3.63, 3.8) is 0 Å². The van der Waals surface area contributed by atoms with Crippen LogP contribution in [-0.4, -0.2) is 43.7 Å². The van der Waals surface area contributed by atoms with E-state index >= 15 is 0 Å². The van der Waals surface area contributed by atoms with Crippen molar-refractivity contribution in [2.75, 3.05) is 32.9 Å². The second kappa shape index (κ2) is 6.19. The van der Waals surface area contributed by atoms with E-state index < -0.39 is 0 Å². The van der Waals surface area contributed by atoms with Crippen molar-refractivity contribution in [1.29, 1.82) is 0 Å². The average Bonchev–Trinajstić information content (AvgIpc) is 2.74. The van der Waals surface area contributed by atoms with Gasteiger partial charge in [-0.1, -0.05) is 42.8 Å². The van der Waals surface area contributed by atoms with Crippen molar-refractivity contribution >= 4 is 5.91 Å². The molecule has 4 nitrogen and oxygen atoms in total. The monoisotopic (exact) mass is 337 g/mol. The highest BCUT2D eigenvalue weighted by Gasteiger charge is 2.37. The Balaban J connectivity index is 1.65. The number of rotatable bonds is 3. The fourth-order valence-corrected chi connectivity index (χ4v) is 3.44. The zero-order chi connectivity index (χ0) is 17.4. The molecule has 2 aliphatic heterocycles. The van der Waals surface area contributed by atoms with Crippen molar-refractivity contribution in [3.05, 3.63) is 53.6 Å².